The van der Waals surface area contributed by atoms with Gasteiger partial charge in [0.25, 0.3) is 0 Å². The van der Waals surface area contributed by atoms with Crippen LogP contribution < -0.4 is 0 Å². The molecule has 0 heterocycles. The van der Waals surface area contributed by atoms with Crippen molar-refractivity contribution >= 4 is 23.4 Å². The fourth-order valence-electron chi connectivity index (χ4n) is 0.684. The average molecular weight is 189 g/mol. The Morgan fingerprint density at radius 1 is 1.45 bits per heavy atom. The number of thioether (sulfide) groups is 1. The largest absolute Gasteiger partial charge is 0.374 e. The summed E-state index contributed by atoms with van der Waals surface area (Å²) in [6, 6.07) is 7.73. The second-order valence-electron chi connectivity index (χ2n) is 1.98. The Morgan fingerprint density at radius 2 is 2.18 bits per heavy atom. The van der Waals surface area contributed by atoms with Crippen molar-refractivity contribution in [2.75, 3.05) is 13.0 Å². The minimum absolute atomic E-state index is 0.643. The van der Waals surface area contributed by atoms with Gasteiger partial charge < -0.3 is 4.74 Å². The maximum absolute atomic E-state index is 5.88. The van der Waals surface area contributed by atoms with Gasteiger partial charge in [0.2, 0.25) is 0 Å². The van der Waals surface area contributed by atoms with Crippen molar-refractivity contribution in [3.05, 3.63) is 29.3 Å². The quantitative estimate of drug-likeness (QED) is 0.533. The molecule has 0 aliphatic rings. The summed E-state index contributed by atoms with van der Waals surface area (Å²) in [6.07, 6.45) is 0. The molecule has 1 nitrogen and oxygen atoms in total. The van der Waals surface area contributed by atoms with Crippen molar-refractivity contribution in [1.82, 2.24) is 0 Å². The van der Waals surface area contributed by atoms with Gasteiger partial charge in [0, 0.05) is 12.0 Å². The predicted octanol–water partition coefficient (Wildman–Crippen LogP) is 3.04. The number of rotatable bonds is 3. The van der Waals surface area contributed by atoms with E-state index in [-0.39, 0.29) is 0 Å². The van der Waals surface area contributed by atoms with Crippen molar-refractivity contribution in [2.45, 2.75) is 4.90 Å². The zero-order valence-electron chi connectivity index (χ0n) is 6.21. The third-order valence-electron chi connectivity index (χ3n) is 1.17. The zero-order chi connectivity index (χ0) is 8.10. The summed E-state index contributed by atoms with van der Waals surface area (Å²) in [5, 5.41) is 0.787. The molecule has 0 aromatic heterocycles. The van der Waals surface area contributed by atoms with Gasteiger partial charge in [0.05, 0.1) is 11.0 Å². The molecule has 0 bridgehead atoms. The van der Waals surface area contributed by atoms with Crippen molar-refractivity contribution in [3.8, 4) is 0 Å². The van der Waals surface area contributed by atoms with E-state index in [4.69, 9.17) is 16.3 Å². The van der Waals surface area contributed by atoms with Gasteiger partial charge in [0.1, 0.15) is 0 Å². The van der Waals surface area contributed by atoms with E-state index in [2.05, 4.69) is 0 Å². The first-order valence-electron chi connectivity index (χ1n) is 3.21. The van der Waals surface area contributed by atoms with Gasteiger partial charge in [0.15, 0.2) is 0 Å². The molecule has 0 saturated carbocycles. The molecule has 0 radical (unpaired) electrons. The summed E-state index contributed by atoms with van der Waals surface area (Å²) < 4.78 is 4.91. The highest BCUT2D eigenvalue weighted by atomic mass is 35.5. The van der Waals surface area contributed by atoms with Crippen LogP contribution in [0, 0.1) is 0 Å². The molecule has 0 N–H and O–H groups in total. The SMILES string of the molecule is COCSc1ccccc1Cl. The summed E-state index contributed by atoms with van der Waals surface area (Å²) in [6.45, 7) is 0. The first-order chi connectivity index (χ1) is 5.34. The minimum Gasteiger partial charge on any atom is -0.374 e. The van der Waals surface area contributed by atoms with Gasteiger partial charge in [-0.3, -0.25) is 0 Å². The lowest BCUT2D eigenvalue weighted by molar-refractivity contribution is 0.259. The smallest absolute Gasteiger partial charge is 0.0963 e. The van der Waals surface area contributed by atoms with Crippen LogP contribution in [-0.2, 0) is 4.74 Å². The number of benzene rings is 1. The molecule has 11 heavy (non-hydrogen) atoms. The van der Waals surface area contributed by atoms with Crippen LogP contribution in [-0.4, -0.2) is 13.0 Å². The highest BCUT2D eigenvalue weighted by Crippen LogP contribution is 2.25. The molecule has 0 spiro atoms. The van der Waals surface area contributed by atoms with Crippen LogP contribution in [0.15, 0.2) is 29.2 Å². The fourth-order valence-corrected chi connectivity index (χ4v) is 1.61. The van der Waals surface area contributed by atoms with Crippen molar-refractivity contribution in [3.63, 3.8) is 0 Å². The van der Waals surface area contributed by atoms with Crippen molar-refractivity contribution in [1.29, 1.82) is 0 Å². The third kappa shape index (κ3) is 2.73. The first-order valence-corrected chi connectivity index (χ1v) is 4.57. The molecule has 60 valence electrons. The van der Waals surface area contributed by atoms with Crippen LogP contribution >= 0.6 is 23.4 Å². The van der Waals surface area contributed by atoms with Crippen LogP contribution in [0.5, 0.6) is 0 Å². The molecule has 0 unspecified atom stereocenters. The van der Waals surface area contributed by atoms with Gasteiger partial charge in [-0.2, -0.15) is 0 Å². The van der Waals surface area contributed by atoms with Crippen molar-refractivity contribution < 1.29 is 4.74 Å². The Morgan fingerprint density at radius 3 is 2.82 bits per heavy atom. The van der Waals surface area contributed by atoms with Gasteiger partial charge >= 0.3 is 0 Å². The number of hydrogen-bond donors (Lipinski definition) is 0. The van der Waals surface area contributed by atoms with Crippen LogP contribution in [0.1, 0.15) is 0 Å². The Labute approximate surface area is 75.7 Å². The summed E-state index contributed by atoms with van der Waals surface area (Å²) in [5.74, 6) is 0.643. The maximum atomic E-state index is 5.88. The van der Waals surface area contributed by atoms with E-state index in [9.17, 15) is 0 Å². The van der Waals surface area contributed by atoms with Crippen LogP contribution in [0.3, 0.4) is 0 Å². The molecule has 0 fully saturated rings. The zero-order valence-corrected chi connectivity index (χ0v) is 7.78. The highest BCUT2D eigenvalue weighted by Gasteiger charge is 1.96. The summed E-state index contributed by atoms with van der Waals surface area (Å²) in [4.78, 5) is 1.07. The molecule has 1 aromatic carbocycles. The maximum Gasteiger partial charge on any atom is 0.0963 e. The monoisotopic (exact) mass is 188 g/mol. The average Bonchev–Trinajstić information content (AvgIpc) is 2.03. The molecule has 1 rings (SSSR count). The van der Waals surface area contributed by atoms with E-state index < -0.39 is 0 Å². The number of methoxy groups -OCH3 is 1. The Balaban J connectivity index is 2.62. The van der Waals surface area contributed by atoms with E-state index in [0.717, 1.165) is 9.92 Å². The first kappa shape index (κ1) is 8.91. The normalized spacial score (nSPS) is 10.0. The Bertz CT molecular complexity index is 227. The molecule has 0 atom stereocenters. The van der Waals surface area contributed by atoms with Gasteiger partial charge in [-0.25, -0.2) is 0 Å². The van der Waals surface area contributed by atoms with Gasteiger partial charge in [-0.15, -0.1) is 0 Å². The molecular formula is C8H9ClOS. The lowest BCUT2D eigenvalue weighted by atomic mass is 10.4. The molecule has 0 saturated heterocycles. The molecule has 0 amide bonds. The minimum atomic E-state index is 0.643. The molecule has 0 aliphatic heterocycles. The number of ether oxygens (including phenoxy) is 1. The highest BCUT2D eigenvalue weighted by molar-refractivity contribution is 7.99. The molecule has 3 heteroatoms. The van der Waals surface area contributed by atoms with E-state index in [1.807, 2.05) is 24.3 Å². The second-order valence-corrected chi connectivity index (χ2v) is 3.35. The van der Waals surface area contributed by atoms with Crippen molar-refractivity contribution in [2.24, 2.45) is 0 Å². The Hall–Kier alpha value is -0.180. The molecular weight excluding hydrogens is 180 g/mol. The third-order valence-corrected chi connectivity index (χ3v) is 2.63. The standard InChI is InChI=1S/C8H9ClOS/c1-10-6-11-8-5-3-2-4-7(8)9/h2-5H,6H2,1H3. The van der Waals surface area contributed by atoms with Gasteiger partial charge in [-0.05, 0) is 12.1 Å². The van der Waals surface area contributed by atoms with Crippen LogP contribution in [0.25, 0.3) is 0 Å². The lowest BCUT2D eigenvalue weighted by Crippen LogP contribution is -1.81. The second kappa shape index (κ2) is 4.65. The summed E-state index contributed by atoms with van der Waals surface area (Å²) in [7, 11) is 1.67. The van der Waals surface area contributed by atoms with Gasteiger partial charge in [-0.1, -0.05) is 35.5 Å². The van der Waals surface area contributed by atoms with Crippen LogP contribution in [0.4, 0.5) is 0 Å². The van der Waals surface area contributed by atoms with E-state index in [1.165, 1.54) is 0 Å². The summed E-state index contributed by atoms with van der Waals surface area (Å²) in [5.41, 5.74) is 0. The Kier molecular flexibility index (Phi) is 3.77. The van der Waals surface area contributed by atoms with E-state index in [0.29, 0.717) is 5.94 Å². The topological polar surface area (TPSA) is 9.23 Å². The van der Waals surface area contributed by atoms with E-state index in [1.54, 1.807) is 18.9 Å². The number of hydrogen-bond acceptors (Lipinski definition) is 2. The van der Waals surface area contributed by atoms with Crippen LogP contribution in [0.2, 0.25) is 5.02 Å². The van der Waals surface area contributed by atoms with E-state index >= 15 is 0 Å². The predicted molar refractivity (Wildman–Crippen MR) is 49.2 cm³/mol. The lowest BCUT2D eigenvalue weighted by Gasteiger charge is -2.00. The number of halogens is 1. The molecule has 0 aliphatic carbocycles. The fraction of sp³-hybridized carbons (Fsp3) is 0.250. The molecule has 1 aromatic rings. The summed E-state index contributed by atoms with van der Waals surface area (Å²) >= 11 is 7.48.